The zero-order valence-electron chi connectivity index (χ0n) is 9.69. The molecule has 2 heterocycles. The Balaban J connectivity index is 1.97. The maximum atomic E-state index is 5.61. The molecule has 2 aromatic rings. The molecule has 0 spiro atoms. The van der Waals surface area contributed by atoms with Crippen LogP contribution in [-0.2, 0) is 6.42 Å². The highest BCUT2D eigenvalue weighted by molar-refractivity contribution is 7.13. The maximum absolute atomic E-state index is 5.61. The Bertz CT molecular complexity index is 536. The van der Waals surface area contributed by atoms with Gasteiger partial charge in [-0.2, -0.15) is 0 Å². The van der Waals surface area contributed by atoms with Gasteiger partial charge in [0.1, 0.15) is 16.6 Å². The molecule has 0 saturated carbocycles. The molecule has 0 saturated heterocycles. The smallest absolute Gasteiger partial charge is 0.137 e. The van der Waals surface area contributed by atoms with Gasteiger partial charge in [0.25, 0.3) is 0 Å². The molecule has 17 heavy (non-hydrogen) atoms. The molecule has 1 aliphatic heterocycles. The number of anilines is 1. The number of rotatable bonds is 2. The lowest BCUT2D eigenvalue weighted by molar-refractivity contribution is 0.288. The molecule has 4 heteroatoms. The Kier molecular flexibility index (Phi) is 2.73. The molecule has 0 atom stereocenters. The predicted octanol–water partition coefficient (Wildman–Crippen LogP) is 3.18. The zero-order chi connectivity index (χ0) is 11.7. The van der Waals surface area contributed by atoms with Gasteiger partial charge in [-0.15, -0.1) is 11.3 Å². The molecule has 0 amide bonds. The molecule has 0 aliphatic carbocycles. The average Bonchev–Trinajstić information content (AvgIpc) is 2.87. The molecular weight excluding hydrogens is 232 g/mol. The topological polar surface area (TPSA) is 34.1 Å². The molecule has 0 unspecified atom stereocenters. The first kappa shape index (κ1) is 10.6. The summed E-state index contributed by atoms with van der Waals surface area (Å²) in [6.07, 6.45) is 2.21. The number of aromatic nitrogens is 1. The van der Waals surface area contributed by atoms with Gasteiger partial charge >= 0.3 is 0 Å². The van der Waals surface area contributed by atoms with E-state index < -0.39 is 0 Å². The van der Waals surface area contributed by atoms with Gasteiger partial charge in [0.05, 0.1) is 6.61 Å². The van der Waals surface area contributed by atoms with Gasteiger partial charge < -0.3 is 10.1 Å². The monoisotopic (exact) mass is 246 g/mol. The second-order valence-electron chi connectivity index (χ2n) is 4.06. The summed E-state index contributed by atoms with van der Waals surface area (Å²) < 4.78 is 5.61. The molecule has 1 aromatic heterocycles. The summed E-state index contributed by atoms with van der Waals surface area (Å²) in [7, 11) is 1.89. The molecule has 0 bridgehead atoms. The van der Waals surface area contributed by atoms with Crippen molar-refractivity contribution in [1.82, 2.24) is 4.98 Å². The first-order valence-electron chi connectivity index (χ1n) is 5.76. The van der Waals surface area contributed by atoms with Crippen molar-refractivity contribution >= 4 is 17.2 Å². The molecule has 3 rings (SSSR count). The van der Waals surface area contributed by atoms with E-state index in [1.165, 1.54) is 11.1 Å². The third-order valence-electron chi connectivity index (χ3n) is 2.92. The largest absolute Gasteiger partial charge is 0.493 e. The summed E-state index contributed by atoms with van der Waals surface area (Å²) in [4.78, 5) is 4.51. The minimum Gasteiger partial charge on any atom is -0.493 e. The summed E-state index contributed by atoms with van der Waals surface area (Å²) in [6, 6.07) is 6.35. The van der Waals surface area contributed by atoms with Gasteiger partial charge in [-0.05, 0) is 36.6 Å². The first-order valence-corrected chi connectivity index (χ1v) is 6.64. The molecule has 88 valence electrons. The molecular formula is C13H14N2OS. The van der Waals surface area contributed by atoms with Crippen molar-refractivity contribution in [3.8, 4) is 16.3 Å². The van der Waals surface area contributed by atoms with Crippen LogP contribution in [0.2, 0.25) is 0 Å². The predicted molar refractivity (Wildman–Crippen MR) is 70.9 cm³/mol. The highest BCUT2D eigenvalue weighted by Gasteiger charge is 2.12. The molecule has 0 radical (unpaired) electrons. The fourth-order valence-corrected chi connectivity index (χ4v) is 2.82. The second kappa shape index (κ2) is 4.37. The fraction of sp³-hybridized carbons (Fsp3) is 0.308. The van der Waals surface area contributed by atoms with Gasteiger partial charge in [-0.25, -0.2) is 4.98 Å². The van der Waals surface area contributed by atoms with E-state index >= 15 is 0 Å². The Labute approximate surface area is 104 Å². The number of thiazole rings is 1. The minimum absolute atomic E-state index is 0.841. The molecule has 1 aromatic carbocycles. The van der Waals surface area contributed by atoms with Crippen LogP contribution in [0.15, 0.2) is 23.6 Å². The fourth-order valence-electron chi connectivity index (χ4n) is 2.01. The van der Waals surface area contributed by atoms with Gasteiger partial charge in [0.15, 0.2) is 0 Å². The number of benzene rings is 1. The molecule has 1 aliphatic rings. The lowest BCUT2D eigenvalue weighted by Gasteiger charge is -2.17. The van der Waals surface area contributed by atoms with Crippen molar-refractivity contribution < 1.29 is 4.74 Å². The quantitative estimate of drug-likeness (QED) is 0.883. The summed E-state index contributed by atoms with van der Waals surface area (Å²) in [5.41, 5.74) is 2.48. The van der Waals surface area contributed by atoms with Gasteiger partial charge in [0.2, 0.25) is 0 Å². The number of nitrogens with one attached hydrogen (secondary N) is 1. The normalized spacial score (nSPS) is 13.9. The van der Waals surface area contributed by atoms with Crippen LogP contribution in [0, 0.1) is 0 Å². The van der Waals surface area contributed by atoms with Crippen molar-refractivity contribution in [1.29, 1.82) is 0 Å². The van der Waals surface area contributed by atoms with Crippen molar-refractivity contribution in [2.45, 2.75) is 12.8 Å². The molecule has 1 N–H and O–H groups in total. The van der Waals surface area contributed by atoms with E-state index in [0.717, 1.165) is 36.0 Å². The third-order valence-corrected chi connectivity index (χ3v) is 3.81. The lowest BCUT2D eigenvalue weighted by atomic mass is 10.0. The number of ether oxygens (including phenoxy) is 1. The van der Waals surface area contributed by atoms with E-state index in [1.807, 2.05) is 12.4 Å². The zero-order valence-corrected chi connectivity index (χ0v) is 10.5. The number of fused-ring (bicyclic) bond motifs is 1. The van der Waals surface area contributed by atoms with E-state index in [2.05, 4.69) is 28.5 Å². The van der Waals surface area contributed by atoms with Crippen LogP contribution in [0.5, 0.6) is 5.75 Å². The van der Waals surface area contributed by atoms with Gasteiger partial charge in [-0.1, -0.05) is 0 Å². The van der Waals surface area contributed by atoms with Crippen LogP contribution in [0.4, 0.5) is 5.82 Å². The summed E-state index contributed by atoms with van der Waals surface area (Å²) in [5, 5.41) is 6.15. The van der Waals surface area contributed by atoms with Gasteiger partial charge in [-0.3, -0.25) is 0 Å². The number of nitrogens with zero attached hydrogens (tertiary/aromatic N) is 1. The van der Waals surface area contributed by atoms with Gasteiger partial charge in [0, 0.05) is 18.0 Å². The van der Waals surface area contributed by atoms with Crippen LogP contribution in [0.3, 0.4) is 0 Å². The standard InChI is InChI=1S/C13H14N2OS/c1-14-12-8-17-13(15-12)10-4-5-11-9(7-10)3-2-6-16-11/h4-5,7-8,14H,2-3,6H2,1H3. The van der Waals surface area contributed by atoms with Crippen LogP contribution >= 0.6 is 11.3 Å². The van der Waals surface area contributed by atoms with E-state index in [9.17, 15) is 0 Å². The number of aryl methyl sites for hydroxylation is 1. The number of hydrogen-bond acceptors (Lipinski definition) is 4. The van der Waals surface area contributed by atoms with Crippen LogP contribution in [0.1, 0.15) is 12.0 Å². The van der Waals surface area contributed by atoms with Crippen LogP contribution in [-0.4, -0.2) is 18.6 Å². The molecule has 0 fully saturated rings. The van der Waals surface area contributed by atoms with E-state index in [1.54, 1.807) is 11.3 Å². The molecule has 3 nitrogen and oxygen atoms in total. The van der Waals surface area contributed by atoms with Crippen molar-refractivity contribution in [3.05, 3.63) is 29.1 Å². The Morgan fingerprint density at radius 3 is 3.18 bits per heavy atom. The van der Waals surface area contributed by atoms with Crippen LogP contribution in [0.25, 0.3) is 10.6 Å². The SMILES string of the molecule is CNc1csc(-c2ccc3c(c2)CCCO3)n1. The minimum atomic E-state index is 0.841. The first-order chi connectivity index (χ1) is 8.36. The highest BCUT2D eigenvalue weighted by Crippen LogP contribution is 2.32. The third kappa shape index (κ3) is 2.00. The summed E-state index contributed by atoms with van der Waals surface area (Å²) >= 11 is 1.66. The Hall–Kier alpha value is -1.55. The average molecular weight is 246 g/mol. The van der Waals surface area contributed by atoms with E-state index in [4.69, 9.17) is 4.74 Å². The van der Waals surface area contributed by atoms with E-state index in [-0.39, 0.29) is 0 Å². The maximum Gasteiger partial charge on any atom is 0.137 e. The summed E-state index contributed by atoms with van der Waals surface area (Å²) in [6.45, 7) is 0.841. The lowest BCUT2D eigenvalue weighted by Crippen LogP contribution is -2.07. The Morgan fingerprint density at radius 1 is 1.41 bits per heavy atom. The number of hydrogen-bond donors (Lipinski definition) is 1. The summed E-state index contributed by atoms with van der Waals surface area (Å²) in [5.74, 6) is 1.96. The second-order valence-corrected chi connectivity index (χ2v) is 4.92. The highest BCUT2D eigenvalue weighted by atomic mass is 32.1. The van der Waals surface area contributed by atoms with Crippen molar-refractivity contribution in [2.75, 3.05) is 19.0 Å². The van der Waals surface area contributed by atoms with Crippen LogP contribution < -0.4 is 10.1 Å². The van der Waals surface area contributed by atoms with Crippen molar-refractivity contribution in [2.24, 2.45) is 0 Å². The van der Waals surface area contributed by atoms with Crippen molar-refractivity contribution in [3.63, 3.8) is 0 Å². The van der Waals surface area contributed by atoms with E-state index in [0.29, 0.717) is 0 Å². The Morgan fingerprint density at radius 2 is 2.35 bits per heavy atom.